The van der Waals surface area contributed by atoms with Gasteiger partial charge in [-0.2, -0.15) is 0 Å². The minimum Gasteiger partial charge on any atom is -0.507 e. The second-order valence-electron chi connectivity index (χ2n) is 7.00. The number of benzene rings is 1. The minimum atomic E-state index is -0.652. The Morgan fingerprint density at radius 1 is 0.960 bits per heavy atom. The number of Topliss-reactive ketones (excluding diaryl/α,β-unsaturated/α-hetero) is 3. The molecule has 1 aromatic carbocycles. The lowest BCUT2D eigenvalue weighted by Gasteiger charge is -2.33. The van der Waals surface area contributed by atoms with Crippen molar-refractivity contribution < 1.29 is 24.6 Å². The number of hydrogen-bond acceptors (Lipinski definition) is 5. The fraction of sp³-hybridized carbons (Fsp3) is 0.350. The fourth-order valence-electron chi connectivity index (χ4n) is 4.25. The lowest BCUT2D eigenvalue weighted by atomic mass is 9.69. The third-order valence-electron chi connectivity index (χ3n) is 5.66. The average molecular weight is 338 g/mol. The van der Waals surface area contributed by atoms with Crippen LogP contribution in [0.3, 0.4) is 0 Å². The molecule has 0 radical (unpaired) electrons. The van der Waals surface area contributed by atoms with Crippen LogP contribution in [-0.2, 0) is 17.6 Å². The summed E-state index contributed by atoms with van der Waals surface area (Å²) < 4.78 is 0. The Labute approximate surface area is 144 Å². The first-order valence-corrected chi connectivity index (χ1v) is 8.45. The SMILES string of the molecule is CC(=O)C1CCc2c(O)c3c(c(O)c2C1)C(=O)C1C=CC=CC1C3=O. The summed E-state index contributed by atoms with van der Waals surface area (Å²) in [5.41, 5.74) is 0.761. The van der Waals surface area contributed by atoms with E-state index in [1.165, 1.54) is 6.92 Å². The highest BCUT2D eigenvalue weighted by molar-refractivity contribution is 6.20. The Hall–Kier alpha value is -2.69. The molecule has 0 saturated heterocycles. The van der Waals surface area contributed by atoms with Crippen LogP contribution in [0.25, 0.3) is 0 Å². The Kier molecular flexibility index (Phi) is 3.42. The van der Waals surface area contributed by atoms with Gasteiger partial charge in [-0.3, -0.25) is 14.4 Å². The van der Waals surface area contributed by atoms with E-state index < -0.39 is 11.8 Å². The van der Waals surface area contributed by atoms with Gasteiger partial charge in [0.2, 0.25) is 0 Å². The molecule has 4 rings (SSSR count). The number of carbonyl (C=O) groups is 3. The van der Waals surface area contributed by atoms with Gasteiger partial charge in [-0.1, -0.05) is 24.3 Å². The smallest absolute Gasteiger partial charge is 0.175 e. The van der Waals surface area contributed by atoms with Crippen LogP contribution in [0.5, 0.6) is 11.5 Å². The summed E-state index contributed by atoms with van der Waals surface area (Å²) in [4.78, 5) is 37.5. The molecule has 0 fully saturated rings. The molecule has 3 aliphatic carbocycles. The molecular weight excluding hydrogens is 320 g/mol. The summed E-state index contributed by atoms with van der Waals surface area (Å²) >= 11 is 0. The van der Waals surface area contributed by atoms with Gasteiger partial charge in [-0.15, -0.1) is 0 Å². The predicted molar refractivity (Wildman–Crippen MR) is 89.9 cm³/mol. The molecule has 0 saturated carbocycles. The molecular formula is C20H18O5. The largest absolute Gasteiger partial charge is 0.507 e. The molecule has 0 amide bonds. The topological polar surface area (TPSA) is 91.7 Å². The van der Waals surface area contributed by atoms with Crippen molar-refractivity contribution in [1.82, 2.24) is 0 Å². The lowest BCUT2D eigenvalue weighted by molar-refractivity contribution is -0.121. The van der Waals surface area contributed by atoms with Gasteiger partial charge in [0.05, 0.1) is 23.0 Å². The van der Waals surface area contributed by atoms with Crippen LogP contribution < -0.4 is 0 Å². The maximum absolute atomic E-state index is 12.9. The van der Waals surface area contributed by atoms with Crippen molar-refractivity contribution in [3.8, 4) is 11.5 Å². The number of hydrogen-bond donors (Lipinski definition) is 2. The predicted octanol–water partition coefficient (Wildman–Crippen LogP) is 2.53. The van der Waals surface area contributed by atoms with Crippen molar-refractivity contribution in [1.29, 1.82) is 0 Å². The zero-order valence-electron chi connectivity index (χ0n) is 13.8. The summed E-state index contributed by atoms with van der Waals surface area (Å²) in [7, 11) is 0. The maximum atomic E-state index is 12.9. The molecule has 1 aromatic rings. The molecule has 5 nitrogen and oxygen atoms in total. The highest BCUT2D eigenvalue weighted by Gasteiger charge is 2.45. The molecule has 2 N–H and O–H groups in total. The van der Waals surface area contributed by atoms with Crippen LogP contribution in [0.2, 0.25) is 0 Å². The van der Waals surface area contributed by atoms with Crippen LogP contribution in [0.4, 0.5) is 0 Å². The number of phenolic OH excluding ortho intramolecular Hbond substituents is 2. The zero-order valence-corrected chi connectivity index (χ0v) is 13.8. The van der Waals surface area contributed by atoms with Gasteiger partial charge in [0.1, 0.15) is 17.3 Å². The van der Waals surface area contributed by atoms with Crippen LogP contribution >= 0.6 is 0 Å². The first kappa shape index (κ1) is 15.8. The summed E-state index contributed by atoms with van der Waals surface area (Å²) in [6.45, 7) is 1.50. The van der Waals surface area contributed by atoms with Crippen LogP contribution in [0.15, 0.2) is 24.3 Å². The van der Waals surface area contributed by atoms with Crippen molar-refractivity contribution in [2.75, 3.05) is 0 Å². The third-order valence-corrected chi connectivity index (χ3v) is 5.66. The fourth-order valence-corrected chi connectivity index (χ4v) is 4.25. The van der Waals surface area contributed by atoms with Crippen LogP contribution in [0.1, 0.15) is 45.2 Å². The normalized spacial score (nSPS) is 26.8. The molecule has 5 heteroatoms. The van der Waals surface area contributed by atoms with Gasteiger partial charge in [0.15, 0.2) is 11.6 Å². The van der Waals surface area contributed by atoms with E-state index in [9.17, 15) is 24.6 Å². The monoisotopic (exact) mass is 338 g/mol. The zero-order chi connectivity index (χ0) is 17.9. The molecule has 128 valence electrons. The molecule has 3 aliphatic rings. The van der Waals surface area contributed by atoms with Crippen molar-refractivity contribution in [2.24, 2.45) is 17.8 Å². The van der Waals surface area contributed by atoms with E-state index in [1.807, 2.05) is 0 Å². The second kappa shape index (κ2) is 5.41. The third kappa shape index (κ3) is 2.11. The molecule has 0 aliphatic heterocycles. The number of allylic oxidation sites excluding steroid dienone is 4. The first-order valence-electron chi connectivity index (χ1n) is 8.45. The quantitative estimate of drug-likeness (QED) is 0.768. The molecule has 0 bridgehead atoms. The highest BCUT2D eigenvalue weighted by Crippen LogP contribution is 2.48. The van der Waals surface area contributed by atoms with E-state index in [0.29, 0.717) is 24.0 Å². The Morgan fingerprint density at radius 2 is 1.48 bits per heavy atom. The van der Waals surface area contributed by atoms with Gasteiger partial charge in [-0.25, -0.2) is 0 Å². The van der Waals surface area contributed by atoms with Crippen molar-refractivity contribution in [3.63, 3.8) is 0 Å². The van der Waals surface area contributed by atoms with Gasteiger partial charge >= 0.3 is 0 Å². The van der Waals surface area contributed by atoms with Crippen molar-refractivity contribution in [2.45, 2.75) is 26.2 Å². The van der Waals surface area contributed by atoms with Gasteiger partial charge in [0.25, 0.3) is 0 Å². The summed E-state index contributed by atoms with van der Waals surface area (Å²) in [5.74, 6) is -2.66. The second-order valence-corrected chi connectivity index (χ2v) is 7.00. The van der Waals surface area contributed by atoms with Crippen LogP contribution in [0, 0.1) is 17.8 Å². The van der Waals surface area contributed by atoms with Gasteiger partial charge < -0.3 is 10.2 Å². The molecule has 0 aromatic heterocycles. The lowest BCUT2D eigenvalue weighted by Crippen LogP contribution is -2.36. The van der Waals surface area contributed by atoms with Gasteiger partial charge in [0, 0.05) is 17.0 Å². The number of rotatable bonds is 1. The number of ketones is 3. The van der Waals surface area contributed by atoms with Crippen molar-refractivity contribution >= 4 is 17.3 Å². The van der Waals surface area contributed by atoms with E-state index in [-0.39, 0.29) is 52.3 Å². The van der Waals surface area contributed by atoms with E-state index in [4.69, 9.17) is 0 Å². The Morgan fingerprint density at radius 3 is 2.00 bits per heavy atom. The first-order chi connectivity index (χ1) is 11.9. The number of phenols is 2. The highest BCUT2D eigenvalue weighted by atomic mass is 16.3. The number of fused-ring (bicyclic) bond motifs is 3. The van der Waals surface area contributed by atoms with E-state index in [2.05, 4.69) is 0 Å². The summed E-state index contributed by atoms with van der Waals surface area (Å²) in [6.07, 6.45) is 7.98. The van der Waals surface area contributed by atoms with E-state index in [0.717, 1.165) is 0 Å². The number of carbonyl (C=O) groups excluding carboxylic acids is 3. The Balaban J connectivity index is 1.94. The van der Waals surface area contributed by atoms with Crippen LogP contribution in [-0.4, -0.2) is 27.6 Å². The van der Waals surface area contributed by atoms with Crippen molar-refractivity contribution in [3.05, 3.63) is 46.6 Å². The molecule has 3 atom stereocenters. The van der Waals surface area contributed by atoms with E-state index in [1.54, 1.807) is 24.3 Å². The minimum absolute atomic E-state index is 0.0186. The summed E-state index contributed by atoms with van der Waals surface area (Å²) in [5, 5.41) is 21.4. The average Bonchev–Trinajstić information content (AvgIpc) is 2.62. The molecule has 0 spiro atoms. The standard InChI is InChI=1S/C20H18O5/c1-9(21)10-6-7-13-14(8-10)20(25)16-15(19(13)24)17(22)11-4-2-3-5-12(11)18(16)23/h2-5,10-12,24-25H,6-8H2,1H3. The Bertz CT molecular complexity index is 890. The van der Waals surface area contributed by atoms with Gasteiger partial charge in [-0.05, 0) is 26.2 Å². The summed E-state index contributed by atoms with van der Waals surface area (Å²) in [6, 6.07) is 0. The molecule has 25 heavy (non-hydrogen) atoms. The molecule has 0 heterocycles. The maximum Gasteiger partial charge on any atom is 0.175 e. The number of aromatic hydroxyl groups is 2. The molecule has 3 unspecified atom stereocenters. The van der Waals surface area contributed by atoms with E-state index >= 15 is 0 Å².